The Hall–Kier alpha value is -1.72. The molecule has 2 aliphatic rings. The Labute approximate surface area is 156 Å². The zero-order valence-corrected chi connectivity index (χ0v) is 15.5. The topological polar surface area (TPSA) is 54.2 Å². The van der Waals surface area contributed by atoms with Gasteiger partial charge < -0.3 is 9.67 Å². The molecule has 5 nitrogen and oxygen atoms in total. The lowest BCUT2D eigenvalue weighted by Crippen LogP contribution is -2.36. The van der Waals surface area contributed by atoms with E-state index in [0.29, 0.717) is 12.0 Å². The van der Waals surface area contributed by atoms with Crippen LogP contribution in [0.1, 0.15) is 68.5 Å². The van der Waals surface area contributed by atoms with Crippen LogP contribution in [-0.4, -0.2) is 37.6 Å². The van der Waals surface area contributed by atoms with Gasteiger partial charge in [-0.1, -0.05) is 25.3 Å². The van der Waals surface area contributed by atoms with Gasteiger partial charge in [0.25, 0.3) is 0 Å². The maximum absolute atomic E-state index is 10.6. The van der Waals surface area contributed by atoms with Crippen LogP contribution in [0.4, 0.5) is 0 Å². The lowest BCUT2D eigenvalue weighted by Gasteiger charge is -2.34. The SMILES string of the molecule is O[C@H](c1ccccn1)C1CCN(Cc2cncn2C2CCCCC2)CC1. The zero-order valence-electron chi connectivity index (χ0n) is 15.5. The van der Waals surface area contributed by atoms with Crippen LogP contribution in [0.15, 0.2) is 36.9 Å². The molecule has 0 aromatic carbocycles. The fraction of sp³-hybridized carbons (Fsp3) is 0.619. The monoisotopic (exact) mass is 354 g/mol. The Bertz CT molecular complexity index is 672. The minimum Gasteiger partial charge on any atom is -0.387 e. The molecule has 4 rings (SSSR count). The summed E-state index contributed by atoms with van der Waals surface area (Å²) in [5, 5.41) is 10.6. The summed E-state index contributed by atoms with van der Waals surface area (Å²) >= 11 is 0. The molecule has 1 saturated carbocycles. The van der Waals surface area contributed by atoms with Crippen molar-refractivity contribution in [1.29, 1.82) is 0 Å². The molecule has 1 aliphatic carbocycles. The van der Waals surface area contributed by atoms with Crippen LogP contribution in [0.25, 0.3) is 0 Å². The van der Waals surface area contributed by atoms with Crippen molar-refractivity contribution in [3.8, 4) is 0 Å². The van der Waals surface area contributed by atoms with Crippen LogP contribution in [0.3, 0.4) is 0 Å². The van der Waals surface area contributed by atoms with Crippen molar-refractivity contribution < 1.29 is 5.11 Å². The van der Waals surface area contributed by atoms with Crippen LogP contribution >= 0.6 is 0 Å². The number of pyridine rings is 1. The number of rotatable bonds is 5. The van der Waals surface area contributed by atoms with E-state index in [9.17, 15) is 5.11 Å². The third-order valence-corrected chi connectivity index (χ3v) is 6.17. The Kier molecular flexibility index (Phi) is 5.65. The second kappa shape index (κ2) is 8.31. The first-order valence-electron chi connectivity index (χ1n) is 10.1. The van der Waals surface area contributed by atoms with Crippen LogP contribution in [0.2, 0.25) is 0 Å². The van der Waals surface area contributed by atoms with E-state index in [0.717, 1.165) is 38.2 Å². The standard InChI is InChI=1S/C21H30N4O/c26-21(20-8-4-5-11-23-20)17-9-12-24(13-10-17)15-19-14-22-16-25(19)18-6-2-1-3-7-18/h4-5,8,11,14,16-18,21,26H,1-3,6-7,9-10,12-13,15H2/t21-/m0/s1. The molecule has 2 aromatic rings. The lowest BCUT2D eigenvalue weighted by molar-refractivity contribution is 0.0532. The normalized spacial score (nSPS) is 21.7. The van der Waals surface area contributed by atoms with Gasteiger partial charge in [-0.15, -0.1) is 0 Å². The molecule has 0 amide bonds. The van der Waals surface area contributed by atoms with Gasteiger partial charge in [0, 0.05) is 25.0 Å². The minimum absolute atomic E-state index is 0.310. The van der Waals surface area contributed by atoms with Crippen LogP contribution in [0.5, 0.6) is 0 Å². The summed E-state index contributed by atoms with van der Waals surface area (Å²) in [5.41, 5.74) is 2.15. The predicted octanol–water partition coefficient (Wildman–Crippen LogP) is 3.73. The number of aliphatic hydroxyl groups excluding tert-OH is 1. The van der Waals surface area contributed by atoms with E-state index >= 15 is 0 Å². The molecule has 140 valence electrons. The Morgan fingerprint density at radius 3 is 2.62 bits per heavy atom. The summed E-state index contributed by atoms with van der Waals surface area (Å²) in [6.07, 6.45) is 14.1. The quantitative estimate of drug-likeness (QED) is 0.889. The maximum atomic E-state index is 10.6. The van der Waals surface area contributed by atoms with Crippen LogP contribution < -0.4 is 0 Å². The summed E-state index contributed by atoms with van der Waals surface area (Å²) in [6, 6.07) is 6.42. The van der Waals surface area contributed by atoms with Crippen molar-refractivity contribution in [3.63, 3.8) is 0 Å². The fourth-order valence-electron chi connectivity index (χ4n) is 4.59. The first-order chi connectivity index (χ1) is 12.8. The van der Waals surface area contributed by atoms with E-state index in [4.69, 9.17) is 0 Å². The number of likely N-dealkylation sites (tertiary alicyclic amines) is 1. The molecule has 0 spiro atoms. The van der Waals surface area contributed by atoms with Gasteiger partial charge in [0.1, 0.15) is 0 Å². The number of hydrogen-bond acceptors (Lipinski definition) is 4. The van der Waals surface area contributed by atoms with Crippen molar-refractivity contribution in [2.75, 3.05) is 13.1 Å². The van der Waals surface area contributed by atoms with Crippen LogP contribution in [0, 0.1) is 5.92 Å². The Morgan fingerprint density at radius 2 is 1.88 bits per heavy atom. The molecule has 0 radical (unpaired) electrons. The lowest BCUT2D eigenvalue weighted by atomic mass is 9.89. The third kappa shape index (κ3) is 3.99. The first kappa shape index (κ1) is 17.7. The van der Waals surface area contributed by atoms with Gasteiger partial charge in [0.15, 0.2) is 0 Å². The molecule has 1 atom stereocenters. The Morgan fingerprint density at radius 1 is 1.08 bits per heavy atom. The summed E-state index contributed by atoms with van der Waals surface area (Å²) in [4.78, 5) is 11.3. The van der Waals surface area contributed by atoms with E-state index in [2.05, 4.69) is 19.4 Å². The first-order valence-corrected chi connectivity index (χ1v) is 10.1. The van der Waals surface area contributed by atoms with Gasteiger partial charge in [0.2, 0.25) is 0 Å². The highest BCUT2D eigenvalue weighted by Crippen LogP contribution is 2.32. The fourth-order valence-corrected chi connectivity index (χ4v) is 4.59. The zero-order chi connectivity index (χ0) is 17.8. The number of aliphatic hydroxyl groups is 1. The highest BCUT2D eigenvalue weighted by atomic mass is 16.3. The number of nitrogens with zero attached hydrogens (tertiary/aromatic N) is 4. The number of imidazole rings is 1. The highest BCUT2D eigenvalue weighted by molar-refractivity contribution is 5.08. The van der Waals surface area contributed by atoms with E-state index in [1.807, 2.05) is 30.7 Å². The largest absolute Gasteiger partial charge is 0.387 e. The molecule has 1 aliphatic heterocycles. The second-order valence-electron chi connectivity index (χ2n) is 7.90. The van der Waals surface area contributed by atoms with Gasteiger partial charge in [-0.2, -0.15) is 0 Å². The van der Waals surface area contributed by atoms with Gasteiger partial charge in [0.05, 0.1) is 23.8 Å². The third-order valence-electron chi connectivity index (χ3n) is 6.17. The average molecular weight is 354 g/mol. The summed E-state index contributed by atoms with van der Waals surface area (Å²) in [6.45, 7) is 3.04. The van der Waals surface area contributed by atoms with Gasteiger partial charge in [-0.3, -0.25) is 9.88 Å². The summed E-state index contributed by atoms with van der Waals surface area (Å²) < 4.78 is 2.42. The molecule has 0 unspecified atom stereocenters. The highest BCUT2D eigenvalue weighted by Gasteiger charge is 2.27. The molecule has 3 heterocycles. The molecule has 5 heteroatoms. The number of hydrogen-bond donors (Lipinski definition) is 1. The maximum Gasteiger partial charge on any atom is 0.0988 e. The van der Waals surface area contributed by atoms with Crippen molar-refractivity contribution in [2.24, 2.45) is 5.92 Å². The predicted molar refractivity (Wildman–Crippen MR) is 102 cm³/mol. The molecule has 1 saturated heterocycles. The van der Waals surface area contributed by atoms with E-state index in [1.54, 1.807) is 6.20 Å². The van der Waals surface area contributed by atoms with Crippen molar-refractivity contribution in [3.05, 3.63) is 48.3 Å². The summed E-state index contributed by atoms with van der Waals surface area (Å²) in [5.74, 6) is 0.310. The smallest absolute Gasteiger partial charge is 0.0988 e. The molecule has 0 bridgehead atoms. The van der Waals surface area contributed by atoms with Crippen LogP contribution in [-0.2, 0) is 6.54 Å². The molecule has 26 heavy (non-hydrogen) atoms. The van der Waals surface area contributed by atoms with Crippen molar-refractivity contribution >= 4 is 0 Å². The minimum atomic E-state index is -0.439. The molecule has 1 N–H and O–H groups in total. The molecule has 2 aromatic heterocycles. The van der Waals surface area contributed by atoms with E-state index < -0.39 is 6.10 Å². The molecular formula is C21H30N4O. The van der Waals surface area contributed by atoms with Crippen molar-refractivity contribution in [2.45, 2.75) is 63.6 Å². The van der Waals surface area contributed by atoms with Gasteiger partial charge in [-0.25, -0.2) is 4.98 Å². The number of piperidine rings is 1. The second-order valence-corrected chi connectivity index (χ2v) is 7.90. The average Bonchev–Trinajstić information content (AvgIpc) is 3.17. The summed E-state index contributed by atoms with van der Waals surface area (Å²) in [7, 11) is 0. The van der Waals surface area contributed by atoms with E-state index in [1.165, 1.54) is 37.8 Å². The molecular weight excluding hydrogens is 324 g/mol. The van der Waals surface area contributed by atoms with E-state index in [-0.39, 0.29) is 0 Å². The van der Waals surface area contributed by atoms with Gasteiger partial charge >= 0.3 is 0 Å². The Balaban J connectivity index is 1.32. The van der Waals surface area contributed by atoms with Crippen molar-refractivity contribution in [1.82, 2.24) is 19.4 Å². The molecule has 2 fully saturated rings. The van der Waals surface area contributed by atoms with Gasteiger partial charge in [-0.05, 0) is 56.8 Å². The number of aromatic nitrogens is 3.